The summed E-state index contributed by atoms with van der Waals surface area (Å²) in [6.07, 6.45) is 0.815. The molecule has 21 heavy (non-hydrogen) atoms. The Morgan fingerprint density at radius 2 is 2.05 bits per heavy atom. The van der Waals surface area contributed by atoms with E-state index in [1.807, 2.05) is 30.3 Å². The number of halogens is 2. The normalized spacial score (nSPS) is 12.6. The van der Waals surface area contributed by atoms with Crippen molar-refractivity contribution < 1.29 is 4.79 Å². The van der Waals surface area contributed by atoms with E-state index in [0.717, 1.165) is 29.4 Å². The molecular weight excluding hydrogens is 327 g/mol. The molecule has 1 aliphatic heterocycles. The first-order chi connectivity index (χ1) is 9.72. The summed E-state index contributed by atoms with van der Waals surface area (Å²) in [7, 11) is 0. The molecule has 1 aromatic heterocycles. The van der Waals surface area contributed by atoms with Gasteiger partial charge in [-0.05, 0) is 41.8 Å². The van der Waals surface area contributed by atoms with E-state index in [1.54, 1.807) is 11.3 Å². The van der Waals surface area contributed by atoms with Crippen LogP contribution in [-0.4, -0.2) is 12.5 Å². The van der Waals surface area contributed by atoms with E-state index in [4.69, 9.17) is 11.6 Å². The summed E-state index contributed by atoms with van der Waals surface area (Å²) in [4.78, 5) is 13.3. The van der Waals surface area contributed by atoms with E-state index in [0.29, 0.717) is 6.54 Å². The van der Waals surface area contributed by atoms with E-state index in [9.17, 15) is 4.79 Å². The smallest absolute Gasteiger partial charge is 0.251 e. The Labute approximate surface area is 139 Å². The Balaban J connectivity index is 0.00000161. The molecule has 0 bridgehead atoms. The topological polar surface area (TPSA) is 41.1 Å². The van der Waals surface area contributed by atoms with E-state index >= 15 is 0 Å². The van der Waals surface area contributed by atoms with Crippen LogP contribution in [0.15, 0.2) is 30.3 Å². The number of carbonyl (C=O) groups excluding carboxylic acids is 1. The fourth-order valence-electron chi connectivity index (χ4n) is 2.32. The number of rotatable bonds is 4. The quantitative estimate of drug-likeness (QED) is 0.893. The van der Waals surface area contributed by atoms with Crippen LogP contribution in [0.1, 0.15) is 26.4 Å². The Morgan fingerprint density at radius 1 is 1.24 bits per heavy atom. The van der Waals surface area contributed by atoms with Crippen LogP contribution in [0.4, 0.5) is 0 Å². The van der Waals surface area contributed by atoms with Gasteiger partial charge in [0.25, 0.3) is 5.91 Å². The van der Waals surface area contributed by atoms with Crippen molar-refractivity contribution in [3.8, 4) is 0 Å². The lowest BCUT2D eigenvalue weighted by Crippen LogP contribution is -2.25. The fourth-order valence-corrected chi connectivity index (χ4v) is 3.41. The third-order valence-electron chi connectivity index (χ3n) is 3.39. The number of nitrogens with one attached hydrogen (secondary N) is 2. The zero-order valence-corrected chi connectivity index (χ0v) is 13.7. The summed E-state index contributed by atoms with van der Waals surface area (Å²) in [6.45, 7) is 2.38. The van der Waals surface area contributed by atoms with Crippen molar-refractivity contribution in [3.05, 3.63) is 56.2 Å². The molecule has 3 rings (SSSR count). The van der Waals surface area contributed by atoms with Crippen LogP contribution in [0.3, 0.4) is 0 Å². The molecule has 0 spiro atoms. The largest absolute Gasteiger partial charge is 0.352 e. The molecule has 0 radical (unpaired) electrons. The van der Waals surface area contributed by atoms with E-state index in [-0.39, 0.29) is 18.3 Å². The zero-order chi connectivity index (χ0) is 13.9. The monoisotopic (exact) mass is 342 g/mol. The van der Waals surface area contributed by atoms with Crippen LogP contribution >= 0.6 is 35.3 Å². The second-order valence-corrected chi connectivity index (χ2v) is 6.60. The summed E-state index contributed by atoms with van der Waals surface area (Å²) >= 11 is 7.43. The maximum Gasteiger partial charge on any atom is 0.251 e. The predicted octanol–water partition coefficient (Wildman–Crippen LogP) is 3.40. The van der Waals surface area contributed by atoms with Gasteiger partial charge in [-0.1, -0.05) is 17.7 Å². The standard InChI is InChI=1S/C15H15ClN2OS.ClH/c16-14-4-3-13(20-14)5-6-18-15(19)10-1-2-11-8-17-9-12(11)7-10;/h1-4,7,17H,5-6,8-9H2,(H,18,19);1H. The minimum absolute atomic E-state index is 0. The molecule has 0 saturated carbocycles. The van der Waals surface area contributed by atoms with Gasteiger partial charge < -0.3 is 10.6 Å². The highest BCUT2D eigenvalue weighted by atomic mass is 35.5. The molecule has 2 aromatic rings. The molecule has 6 heteroatoms. The Kier molecular flexibility index (Phi) is 5.65. The molecule has 0 saturated heterocycles. The summed E-state index contributed by atoms with van der Waals surface area (Å²) < 4.78 is 0.789. The van der Waals surface area contributed by atoms with Gasteiger partial charge in [-0.15, -0.1) is 23.7 Å². The van der Waals surface area contributed by atoms with Crippen molar-refractivity contribution >= 4 is 41.3 Å². The van der Waals surface area contributed by atoms with Crippen molar-refractivity contribution in [2.75, 3.05) is 6.54 Å². The van der Waals surface area contributed by atoms with Gasteiger partial charge in [-0.3, -0.25) is 4.79 Å². The van der Waals surface area contributed by atoms with Gasteiger partial charge in [0.1, 0.15) is 0 Å². The van der Waals surface area contributed by atoms with Crippen molar-refractivity contribution in [1.82, 2.24) is 10.6 Å². The second-order valence-electron chi connectivity index (χ2n) is 4.80. The highest BCUT2D eigenvalue weighted by Crippen LogP contribution is 2.21. The number of benzene rings is 1. The number of hydrogen-bond donors (Lipinski definition) is 2. The average Bonchev–Trinajstić information content (AvgIpc) is 3.06. The molecule has 0 fully saturated rings. The molecule has 112 valence electrons. The summed E-state index contributed by atoms with van der Waals surface area (Å²) in [5, 5.41) is 6.23. The minimum atomic E-state index is -0.0117. The number of amides is 1. The highest BCUT2D eigenvalue weighted by Gasteiger charge is 2.13. The minimum Gasteiger partial charge on any atom is -0.352 e. The number of thiophene rings is 1. The molecule has 2 N–H and O–H groups in total. The second kappa shape index (κ2) is 7.27. The first kappa shape index (κ1) is 16.3. The van der Waals surface area contributed by atoms with Gasteiger partial charge in [0, 0.05) is 30.1 Å². The molecule has 0 aliphatic carbocycles. The fraction of sp³-hybridized carbons (Fsp3) is 0.267. The molecule has 1 aliphatic rings. The first-order valence-electron chi connectivity index (χ1n) is 6.57. The molecule has 1 aromatic carbocycles. The summed E-state index contributed by atoms with van der Waals surface area (Å²) in [5.41, 5.74) is 3.24. The van der Waals surface area contributed by atoms with Crippen LogP contribution in [0.2, 0.25) is 4.34 Å². The predicted molar refractivity (Wildman–Crippen MR) is 89.6 cm³/mol. The maximum absolute atomic E-state index is 12.1. The van der Waals surface area contributed by atoms with Crippen LogP contribution in [0, 0.1) is 0 Å². The van der Waals surface area contributed by atoms with E-state index in [2.05, 4.69) is 10.6 Å². The highest BCUT2D eigenvalue weighted by molar-refractivity contribution is 7.16. The van der Waals surface area contributed by atoms with Crippen molar-refractivity contribution in [2.24, 2.45) is 0 Å². The van der Waals surface area contributed by atoms with Gasteiger partial charge in [-0.2, -0.15) is 0 Å². The van der Waals surface area contributed by atoms with E-state index < -0.39 is 0 Å². The Hall–Kier alpha value is -1.07. The number of fused-ring (bicyclic) bond motifs is 1. The maximum atomic E-state index is 12.1. The van der Waals surface area contributed by atoms with Crippen LogP contribution in [0.5, 0.6) is 0 Å². The molecule has 0 atom stereocenters. The van der Waals surface area contributed by atoms with Gasteiger partial charge >= 0.3 is 0 Å². The lowest BCUT2D eigenvalue weighted by molar-refractivity contribution is 0.0954. The summed E-state index contributed by atoms with van der Waals surface area (Å²) in [5.74, 6) is -0.0117. The molecule has 1 amide bonds. The average molecular weight is 343 g/mol. The van der Waals surface area contributed by atoms with E-state index in [1.165, 1.54) is 16.0 Å². The molecule has 2 heterocycles. The van der Waals surface area contributed by atoms with Gasteiger partial charge in [0.15, 0.2) is 0 Å². The third kappa shape index (κ3) is 3.98. The molecule has 0 unspecified atom stereocenters. The SMILES string of the molecule is Cl.O=C(NCCc1ccc(Cl)s1)c1ccc2c(c1)CNC2. The lowest BCUT2D eigenvalue weighted by Gasteiger charge is -2.06. The van der Waals surface area contributed by atoms with Crippen molar-refractivity contribution in [2.45, 2.75) is 19.5 Å². The molecular formula is C15H16Cl2N2OS. The lowest BCUT2D eigenvalue weighted by atomic mass is 10.1. The summed E-state index contributed by atoms with van der Waals surface area (Å²) in [6, 6.07) is 9.79. The third-order valence-corrected chi connectivity index (χ3v) is 4.68. The van der Waals surface area contributed by atoms with Crippen LogP contribution < -0.4 is 10.6 Å². The number of hydrogen-bond acceptors (Lipinski definition) is 3. The number of carbonyl (C=O) groups is 1. The van der Waals surface area contributed by atoms with Crippen molar-refractivity contribution in [3.63, 3.8) is 0 Å². The molecule has 3 nitrogen and oxygen atoms in total. The van der Waals surface area contributed by atoms with Gasteiger partial charge in [-0.25, -0.2) is 0 Å². The van der Waals surface area contributed by atoms with Gasteiger partial charge in [0.05, 0.1) is 4.34 Å². The van der Waals surface area contributed by atoms with Crippen LogP contribution in [0.25, 0.3) is 0 Å². The first-order valence-corrected chi connectivity index (χ1v) is 7.77. The van der Waals surface area contributed by atoms with Crippen LogP contribution in [-0.2, 0) is 19.5 Å². The Bertz CT molecular complexity index is 642. The van der Waals surface area contributed by atoms with Gasteiger partial charge in [0.2, 0.25) is 0 Å². The Morgan fingerprint density at radius 3 is 2.81 bits per heavy atom. The zero-order valence-electron chi connectivity index (χ0n) is 11.3. The van der Waals surface area contributed by atoms with Crippen molar-refractivity contribution in [1.29, 1.82) is 0 Å².